The van der Waals surface area contributed by atoms with Crippen molar-refractivity contribution >= 4 is 22.9 Å². The van der Waals surface area contributed by atoms with Crippen LogP contribution in [0.3, 0.4) is 0 Å². The Morgan fingerprint density at radius 3 is 2.54 bits per heavy atom. The third-order valence-corrected chi connectivity index (χ3v) is 4.52. The lowest BCUT2D eigenvalue weighted by Crippen LogP contribution is -2.13. The molecule has 3 rings (SSSR count). The van der Waals surface area contributed by atoms with E-state index in [4.69, 9.17) is 9.47 Å². The van der Waals surface area contributed by atoms with Crippen LogP contribution < -0.4 is 14.8 Å². The summed E-state index contributed by atoms with van der Waals surface area (Å²) in [6.07, 6.45) is 0. The third kappa shape index (κ3) is 3.26. The van der Waals surface area contributed by atoms with Gasteiger partial charge in [-0.3, -0.25) is 4.79 Å². The number of anilines is 1. The number of thiophene rings is 1. The zero-order valence-electron chi connectivity index (χ0n) is 13.4. The highest BCUT2D eigenvalue weighted by atomic mass is 32.1. The molecule has 0 aliphatic heterocycles. The first-order chi connectivity index (χ1) is 11.7. The minimum atomic E-state index is -0.224. The Morgan fingerprint density at radius 1 is 1.00 bits per heavy atom. The van der Waals surface area contributed by atoms with Crippen molar-refractivity contribution in [1.29, 1.82) is 0 Å². The first kappa shape index (κ1) is 16.1. The maximum absolute atomic E-state index is 12.7. The number of carbonyl (C=O) groups is 1. The van der Waals surface area contributed by atoms with Crippen LogP contribution in [0.4, 0.5) is 5.69 Å². The molecule has 122 valence electrons. The molecule has 4 nitrogen and oxygen atoms in total. The van der Waals surface area contributed by atoms with Crippen molar-refractivity contribution in [2.45, 2.75) is 0 Å². The number of carbonyl (C=O) groups excluding carboxylic acids is 1. The van der Waals surface area contributed by atoms with Gasteiger partial charge in [-0.15, -0.1) is 11.3 Å². The molecule has 1 heterocycles. The molecule has 0 saturated carbocycles. The van der Waals surface area contributed by atoms with Gasteiger partial charge in [0, 0.05) is 22.2 Å². The Morgan fingerprint density at radius 2 is 1.83 bits per heavy atom. The number of nitrogens with one attached hydrogen (secondary N) is 1. The van der Waals surface area contributed by atoms with Crippen molar-refractivity contribution < 1.29 is 14.3 Å². The summed E-state index contributed by atoms with van der Waals surface area (Å²) in [5.41, 5.74) is 2.22. The highest BCUT2D eigenvalue weighted by Gasteiger charge is 2.15. The highest BCUT2D eigenvalue weighted by Crippen LogP contribution is 2.32. The van der Waals surface area contributed by atoms with Gasteiger partial charge in [0.15, 0.2) is 0 Å². The van der Waals surface area contributed by atoms with E-state index in [9.17, 15) is 4.79 Å². The summed E-state index contributed by atoms with van der Waals surface area (Å²) in [6, 6.07) is 16.9. The second kappa shape index (κ2) is 7.19. The number of rotatable bonds is 5. The van der Waals surface area contributed by atoms with Gasteiger partial charge < -0.3 is 14.8 Å². The van der Waals surface area contributed by atoms with Crippen LogP contribution in [0.25, 0.3) is 10.4 Å². The fraction of sp³-hybridized carbons (Fsp3) is 0.105. The summed E-state index contributed by atoms with van der Waals surface area (Å²) in [4.78, 5) is 13.8. The molecular weight excluding hydrogens is 322 g/mol. The normalized spacial score (nSPS) is 10.2. The summed E-state index contributed by atoms with van der Waals surface area (Å²) >= 11 is 1.63. The second-order valence-electron chi connectivity index (χ2n) is 5.04. The molecule has 0 aliphatic rings. The fourth-order valence-corrected chi connectivity index (χ4v) is 3.18. The van der Waals surface area contributed by atoms with E-state index in [2.05, 4.69) is 5.32 Å². The molecule has 2 aromatic carbocycles. The SMILES string of the molecule is COc1ccc(C(=O)Nc2ccccc2-c2cccs2)c(OC)c1. The van der Waals surface area contributed by atoms with Gasteiger partial charge in [0.25, 0.3) is 5.91 Å². The van der Waals surface area contributed by atoms with Crippen molar-refractivity contribution in [3.8, 4) is 21.9 Å². The van der Waals surface area contributed by atoms with Gasteiger partial charge in [-0.05, 0) is 29.6 Å². The molecule has 0 unspecified atom stereocenters. The largest absolute Gasteiger partial charge is 0.497 e. The minimum Gasteiger partial charge on any atom is -0.497 e. The molecule has 5 heteroatoms. The molecule has 3 aromatic rings. The molecule has 0 spiro atoms. The lowest BCUT2D eigenvalue weighted by atomic mass is 10.1. The Kier molecular flexibility index (Phi) is 4.82. The van der Waals surface area contributed by atoms with Crippen LogP contribution in [-0.2, 0) is 0 Å². The number of hydrogen-bond donors (Lipinski definition) is 1. The third-order valence-electron chi connectivity index (χ3n) is 3.62. The van der Waals surface area contributed by atoms with E-state index >= 15 is 0 Å². The Balaban J connectivity index is 1.91. The molecule has 0 bridgehead atoms. The molecule has 0 saturated heterocycles. The van der Waals surface area contributed by atoms with Gasteiger partial charge in [-0.2, -0.15) is 0 Å². The highest BCUT2D eigenvalue weighted by molar-refractivity contribution is 7.13. The van der Waals surface area contributed by atoms with E-state index in [1.807, 2.05) is 41.8 Å². The number of para-hydroxylation sites is 1. The summed E-state index contributed by atoms with van der Waals surface area (Å²) in [6.45, 7) is 0. The zero-order valence-corrected chi connectivity index (χ0v) is 14.2. The summed E-state index contributed by atoms with van der Waals surface area (Å²) < 4.78 is 10.5. The first-order valence-corrected chi connectivity index (χ1v) is 8.27. The number of hydrogen-bond acceptors (Lipinski definition) is 4. The van der Waals surface area contributed by atoms with E-state index in [1.165, 1.54) is 7.11 Å². The number of methoxy groups -OCH3 is 2. The molecule has 1 amide bonds. The van der Waals surface area contributed by atoms with Gasteiger partial charge >= 0.3 is 0 Å². The van der Waals surface area contributed by atoms with E-state index in [0.717, 1.165) is 16.1 Å². The van der Waals surface area contributed by atoms with Gasteiger partial charge in [0.2, 0.25) is 0 Å². The van der Waals surface area contributed by atoms with E-state index in [1.54, 1.807) is 36.6 Å². The molecule has 0 aliphatic carbocycles. The minimum absolute atomic E-state index is 0.224. The van der Waals surface area contributed by atoms with Crippen LogP contribution in [0.15, 0.2) is 60.0 Å². The quantitative estimate of drug-likeness (QED) is 0.734. The van der Waals surface area contributed by atoms with Crippen molar-refractivity contribution in [3.05, 3.63) is 65.5 Å². The first-order valence-electron chi connectivity index (χ1n) is 7.39. The molecule has 1 N–H and O–H groups in total. The fourth-order valence-electron chi connectivity index (χ4n) is 2.41. The molecule has 1 aromatic heterocycles. The van der Waals surface area contributed by atoms with Gasteiger partial charge in [0.1, 0.15) is 11.5 Å². The Labute approximate surface area is 144 Å². The molecule has 0 atom stereocenters. The average Bonchev–Trinajstić information content (AvgIpc) is 3.16. The Bertz CT molecular complexity index is 844. The second-order valence-corrected chi connectivity index (χ2v) is 5.99. The topological polar surface area (TPSA) is 47.6 Å². The van der Waals surface area contributed by atoms with Crippen LogP contribution >= 0.6 is 11.3 Å². The number of benzene rings is 2. The van der Waals surface area contributed by atoms with Crippen LogP contribution in [0.2, 0.25) is 0 Å². The molecule has 24 heavy (non-hydrogen) atoms. The van der Waals surface area contributed by atoms with Crippen molar-refractivity contribution in [1.82, 2.24) is 0 Å². The van der Waals surface area contributed by atoms with E-state index in [-0.39, 0.29) is 5.91 Å². The van der Waals surface area contributed by atoms with Crippen LogP contribution in [0.1, 0.15) is 10.4 Å². The molecule has 0 radical (unpaired) electrons. The number of amides is 1. The van der Waals surface area contributed by atoms with Gasteiger partial charge in [-0.1, -0.05) is 24.3 Å². The summed E-state index contributed by atoms with van der Waals surface area (Å²) in [5, 5.41) is 4.99. The zero-order chi connectivity index (χ0) is 16.9. The Hall–Kier alpha value is -2.79. The molecular formula is C19H17NO3S. The lowest BCUT2D eigenvalue weighted by molar-refractivity contribution is 0.102. The van der Waals surface area contributed by atoms with Gasteiger partial charge in [-0.25, -0.2) is 0 Å². The maximum Gasteiger partial charge on any atom is 0.259 e. The predicted octanol–water partition coefficient (Wildman–Crippen LogP) is 4.68. The lowest BCUT2D eigenvalue weighted by Gasteiger charge is -2.13. The van der Waals surface area contributed by atoms with Crippen LogP contribution in [0.5, 0.6) is 11.5 Å². The van der Waals surface area contributed by atoms with Gasteiger partial charge in [0.05, 0.1) is 19.8 Å². The average molecular weight is 339 g/mol. The smallest absolute Gasteiger partial charge is 0.259 e. The van der Waals surface area contributed by atoms with Crippen LogP contribution in [0, 0.1) is 0 Å². The summed E-state index contributed by atoms with van der Waals surface area (Å²) in [5.74, 6) is 0.890. The number of ether oxygens (including phenoxy) is 2. The standard InChI is InChI=1S/C19H17NO3S/c1-22-13-9-10-15(17(12-13)23-2)19(21)20-16-7-4-3-6-14(16)18-8-5-11-24-18/h3-12H,1-2H3,(H,20,21). The van der Waals surface area contributed by atoms with Crippen LogP contribution in [-0.4, -0.2) is 20.1 Å². The van der Waals surface area contributed by atoms with Crippen molar-refractivity contribution in [3.63, 3.8) is 0 Å². The summed E-state index contributed by atoms with van der Waals surface area (Å²) in [7, 11) is 3.11. The predicted molar refractivity (Wildman–Crippen MR) is 97.3 cm³/mol. The van der Waals surface area contributed by atoms with Crippen molar-refractivity contribution in [2.24, 2.45) is 0 Å². The van der Waals surface area contributed by atoms with Crippen molar-refractivity contribution in [2.75, 3.05) is 19.5 Å². The monoisotopic (exact) mass is 339 g/mol. The van der Waals surface area contributed by atoms with E-state index in [0.29, 0.717) is 17.1 Å². The molecule has 0 fully saturated rings. The maximum atomic E-state index is 12.7. The van der Waals surface area contributed by atoms with E-state index < -0.39 is 0 Å².